The monoisotopic (exact) mass is 153 g/mol. The SMILES string of the molecule is C=CCC(C)(C)/C=N/C(C)C. The second kappa shape index (κ2) is 4.32. The maximum atomic E-state index is 4.34. The van der Waals surface area contributed by atoms with Gasteiger partial charge in [0.05, 0.1) is 0 Å². The Bertz CT molecular complexity index is 143. The zero-order chi connectivity index (χ0) is 8.91. The van der Waals surface area contributed by atoms with E-state index in [1.54, 1.807) is 0 Å². The molecule has 0 N–H and O–H groups in total. The van der Waals surface area contributed by atoms with E-state index in [1.807, 2.05) is 12.3 Å². The summed E-state index contributed by atoms with van der Waals surface area (Å²) in [6, 6.07) is 0.402. The Morgan fingerprint density at radius 1 is 1.45 bits per heavy atom. The topological polar surface area (TPSA) is 12.4 Å². The summed E-state index contributed by atoms with van der Waals surface area (Å²) in [5, 5.41) is 0. The van der Waals surface area contributed by atoms with Gasteiger partial charge in [-0.1, -0.05) is 19.9 Å². The summed E-state index contributed by atoms with van der Waals surface area (Å²) in [6.07, 6.45) is 4.95. The highest BCUT2D eigenvalue weighted by Crippen LogP contribution is 2.17. The van der Waals surface area contributed by atoms with E-state index in [2.05, 4.69) is 39.3 Å². The molecule has 0 unspecified atom stereocenters. The highest BCUT2D eigenvalue weighted by atomic mass is 14.7. The van der Waals surface area contributed by atoms with Crippen molar-refractivity contribution in [1.82, 2.24) is 0 Å². The summed E-state index contributed by atoms with van der Waals surface area (Å²) in [4.78, 5) is 4.34. The molecule has 1 heteroatoms. The van der Waals surface area contributed by atoms with Crippen LogP contribution in [0.15, 0.2) is 17.6 Å². The maximum absolute atomic E-state index is 4.34. The van der Waals surface area contributed by atoms with Crippen LogP contribution < -0.4 is 0 Å². The Hall–Kier alpha value is -0.590. The molecule has 0 aromatic rings. The fraction of sp³-hybridized carbons (Fsp3) is 0.700. The summed E-state index contributed by atoms with van der Waals surface area (Å²) in [5.74, 6) is 0. The van der Waals surface area contributed by atoms with Crippen LogP contribution in [-0.4, -0.2) is 12.3 Å². The summed E-state index contributed by atoms with van der Waals surface area (Å²) in [5.41, 5.74) is 0.173. The second-order valence-corrected chi connectivity index (χ2v) is 3.85. The smallest absolute Gasteiger partial charge is 0.0439 e. The third-order valence-corrected chi connectivity index (χ3v) is 1.39. The first-order chi connectivity index (χ1) is 4.98. The molecule has 0 heterocycles. The van der Waals surface area contributed by atoms with Crippen LogP contribution in [0.1, 0.15) is 34.1 Å². The number of allylic oxidation sites excluding steroid dienone is 1. The minimum atomic E-state index is 0.173. The van der Waals surface area contributed by atoms with Crippen LogP contribution in [0.4, 0.5) is 0 Å². The summed E-state index contributed by atoms with van der Waals surface area (Å²) >= 11 is 0. The van der Waals surface area contributed by atoms with E-state index in [-0.39, 0.29) is 5.41 Å². The van der Waals surface area contributed by atoms with Crippen molar-refractivity contribution in [3.05, 3.63) is 12.7 Å². The molecule has 0 fully saturated rings. The average Bonchev–Trinajstić information content (AvgIpc) is 1.84. The molecule has 0 saturated heterocycles. The summed E-state index contributed by atoms with van der Waals surface area (Å²) < 4.78 is 0. The van der Waals surface area contributed by atoms with Crippen LogP contribution in [0, 0.1) is 5.41 Å². The standard InChI is InChI=1S/C10H19N/c1-6-7-10(4,5)8-11-9(2)3/h6,8-9H,1,7H2,2-5H3/b11-8+. The molecule has 0 aromatic heterocycles. The molecule has 0 bridgehead atoms. The average molecular weight is 153 g/mol. The van der Waals surface area contributed by atoms with Crippen molar-refractivity contribution in [2.75, 3.05) is 0 Å². The van der Waals surface area contributed by atoms with Crippen molar-refractivity contribution in [2.45, 2.75) is 40.2 Å². The molecule has 0 rings (SSSR count). The zero-order valence-corrected chi connectivity index (χ0v) is 8.09. The molecule has 64 valence electrons. The third-order valence-electron chi connectivity index (χ3n) is 1.39. The lowest BCUT2D eigenvalue weighted by atomic mass is 9.91. The molecular formula is C10H19N. The fourth-order valence-corrected chi connectivity index (χ4v) is 0.776. The van der Waals surface area contributed by atoms with Gasteiger partial charge in [0.2, 0.25) is 0 Å². The van der Waals surface area contributed by atoms with Crippen molar-refractivity contribution < 1.29 is 0 Å². The van der Waals surface area contributed by atoms with E-state index in [1.165, 1.54) is 0 Å². The molecule has 0 aliphatic heterocycles. The normalized spacial score (nSPS) is 12.8. The Labute approximate surface area is 70.2 Å². The van der Waals surface area contributed by atoms with Gasteiger partial charge >= 0.3 is 0 Å². The number of rotatable bonds is 4. The van der Waals surface area contributed by atoms with Gasteiger partial charge in [-0.25, -0.2) is 0 Å². The molecule has 1 nitrogen and oxygen atoms in total. The Balaban J connectivity index is 3.99. The van der Waals surface area contributed by atoms with Crippen molar-refractivity contribution in [3.8, 4) is 0 Å². The highest BCUT2D eigenvalue weighted by Gasteiger charge is 2.11. The predicted octanol–water partition coefficient (Wildman–Crippen LogP) is 3.07. The van der Waals surface area contributed by atoms with Gasteiger partial charge in [0.15, 0.2) is 0 Å². The van der Waals surface area contributed by atoms with E-state index in [9.17, 15) is 0 Å². The van der Waals surface area contributed by atoms with Crippen LogP contribution in [0.2, 0.25) is 0 Å². The molecule has 0 amide bonds. The number of aliphatic imine (C=N–C) groups is 1. The fourth-order valence-electron chi connectivity index (χ4n) is 0.776. The zero-order valence-electron chi connectivity index (χ0n) is 8.09. The Kier molecular flexibility index (Phi) is 4.09. The maximum Gasteiger partial charge on any atom is 0.0439 e. The molecule has 0 saturated carbocycles. The predicted molar refractivity (Wildman–Crippen MR) is 52.2 cm³/mol. The van der Waals surface area contributed by atoms with Gasteiger partial charge in [-0.15, -0.1) is 6.58 Å². The largest absolute Gasteiger partial charge is 0.294 e. The summed E-state index contributed by atoms with van der Waals surface area (Å²) in [6.45, 7) is 12.2. The third kappa shape index (κ3) is 5.84. The second-order valence-electron chi connectivity index (χ2n) is 3.85. The van der Waals surface area contributed by atoms with Gasteiger partial charge in [0.25, 0.3) is 0 Å². The lowest BCUT2D eigenvalue weighted by Crippen LogP contribution is -2.12. The molecule has 11 heavy (non-hydrogen) atoms. The van der Waals surface area contributed by atoms with Gasteiger partial charge in [0.1, 0.15) is 0 Å². The lowest BCUT2D eigenvalue weighted by Gasteiger charge is -2.16. The molecule has 0 radical (unpaired) electrons. The van der Waals surface area contributed by atoms with Crippen molar-refractivity contribution in [1.29, 1.82) is 0 Å². The van der Waals surface area contributed by atoms with Gasteiger partial charge in [0, 0.05) is 17.7 Å². The molecule has 0 aromatic carbocycles. The van der Waals surface area contributed by atoms with E-state index in [0.29, 0.717) is 6.04 Å². The van der Waals surface area contributed by atoms with Crippen molar-refractivity contribution in [2.24, 2.45) is 10.4 Å². The van der Waals surface area contributed by atoms with Crippen LogP contribution in [0.3, 0.4) is 0 Å². The van der Waals surface area contributed by atoms with Crippen LogP contribution in [-0.2, 0) is 0 Å². The molecule has 0 spiro atoms. The molecular weight excluding hydrogens is 134 g/mol. The Morgan fingerprint density at radius 3 is 2.36 bits per heavy atom. The molecule has 0 aliphatic rings. The van der Waals surface area contributed by atoms with Crippen molar-refractivity contribution in [3.63, 3.8) is 0 Å². The number of hydrogen-bond donors (Lipinski definition) is 0. The minimum absolute atomic E-state index is 0.173. The van der Waals surface area contributed by atoms with Crippen molar-refractivity contribution >= 4 is 6.21 Å². The van der Waals surface area contributed by atoms with E-state index in [0.717, 1.165) is 6.42 Å². The van der Waals surface area contributed by atoms with Gasteiger partial charge < -0.3 is 0 Å². The lowest BCUT2D eigenvalue weighted by molar-refractivity contribution is 0.542. The van der Waals surface area contributed by atoms with Crippen LogP contribution in [0.25, 0.3) is 0 Å². The molecule has 0 aliphatic carbocycles. The van der Waals surface area contributed by atoms with E-state index >= 15 is 0 Å². The van der Waals surface area contributed by atoms with Crippen LogP contribution >= 0.6 is 0 Å². The minimum Gasteiger partial charge on any atom is -0.294 e. The highest BCUT2D eigenvalue weighted by molar-refractivity contribution is 5.65. The first-order valence-corrected chi connectivity index (χ1v) is 4.13. The number of nitrogens with zero attached hydrogens (tertiary/aromatic N) is 1. The molecule has 0 atom stereocenters. The first-order valence-electron chi connectivity index (χ1n) is 4.13. The van der Waals surface area contributed by atoms with Crippen LogP contribution in [0.5, 0.6) is 0 Å². The van der Waals surface area contributed by atoms with Gasteiger partial charge in [-0.05, 0) is 20.3 Å². The summed E-state index contributed by atoms with van der Waals surface area (Å²) in [7, 11) is 0. The van der Waals surface area contributed by atoms with Gasteiger partial charge in [-0.3, -0.25) is 4.99 Å². The van der Waals surface area contributed by atoms with Gasteiger partial charge in [-0.2, -0.15) is 0 Å². The quantitative estimate of drug-likeness (QED) is 0.435. The first kappa shape index (κ1) is 10.4. The Morgan fingerprint density at radius 2 is 2.00 bits per heavy atom. The van der Waals surface area contributed by atoms with E-state index in [4.69, 9.17) is 0 Å². The number of hydrogen-bond acceptors (Lipinski definition) is 1. The van der Waals surface area contributed by atoms with E-state index < -0.39 is 0 Å².